The molecule has 2 nitrogen and oxygen atoms in total. The van der Waals surface area contributed by atoms with Crippen LogP contribution in [-0.2, 0) is 0 Å². The Bertz CT molecular complexity index is 901. The van der Waals surface area contributed by atoms with Gasteiger partial charge in [-0.25, -0.2) is 0 Å². The van der Waals surface area contributed by atoms with Crippen molar-refractivity contribution in [3.63, 3.8) is 0 Å². The molecule has 3 rings (SSSR count). The average molecular weight is 367 g/mol. The average Bonchev–Trinajstić information content (AvgIpc) is 3.08. The molecule has 0 saturated heterocycles. The first-order valence-electron chi connectivity index (χ1n) is 7.88. The second kappa shape index (κ2) is 7.72. The predicted octanol–water partition coefficient (Wildman–Crippen LogP) is 6.17. The van der Waals surface area contributed by atoms with Gasteiger partial charge in [-0.2, -0.15) is 0 Å². The Labute approximate surface area is 155 Å². The minimum atomic E-state index is 0.0622. The van der Waals surface area contributed by atoms with Gasteiger partial charge in [0.25, 0.3) is 0 Å². The molecule has 0 aliphatic heterocycles. The first kappa shape index (κ1) is 17.5. The molecular formula is C21H18O2S2. The van der Waals surface area contributed by atoms with E-state index in [9.17, 15) is 9.90 Å². The molecule has 3 aromatic rings. The van der Waals surface area contributed by atoms with Crippen molar-refractivity contribution in [2.45, 2.75) is 18.7 Å². The Kier molecular flexibility index (Phi) is 5.41. The summed E-state index contributed by atoms with van der Waals surface area (Å²) in [6, 6.07) is 17.4. The minimum absolute atomic E-state index is 0.0622. The maximum absolute atomic E-state index is 12.3. The van der Waals surface area contributed by atoms with E-state index in [-0.39, 0.29) is 5.12 Å². The summed E-state index contributed by atoms with van der Waals surface area (Å²) in [4.78, 5) is 15.1. The van der Waals surface area contributed by atoms with Gasteiger partial charge in [-0.15, -0.1) is 11.3 Å². The van der Waals surface area contributed by atoms with E-state index < -0.39 is 0 Å². The summed E-state index contributed by atoms with van der Waals surface area (Å²) in [5, 5.41) is 9.90. The number of carbonyl (C=O) groups is 1. The third-order valence-electron chi connectivity index (χ3n) is 3.74. The van der Waals surface area contributed by atoms with Crippen molar-refractivity contribution < 1.29 is 9.90 Å². The van der Waals surface area contributed by atoms with Gasteiger partial charge in [0.2, 0.25) is 5.12 Å². The van der Waals surface area contributed by atoms with Crippen LogP contribution >= 0.6 is 23.1 Å². The summed E-state index contributed by atoms with van der Waals surface area (Å²) < 4.78 is 0. The van der Waals surface area contributed by atoms with E-state index in [1.54, 1.807) is 0 Å². The normalized spacial score (nSPS) is 11.1. The highest BCUT2D eigenvalue weighted by molar-refractivity contribution is 8.14. The molecule has 0 saturated carbocycles. The lowest BCUT2D eigenvalue weighted by atomic mass is 10.1. The molecule has 0 unspecified atom stereocenters. The SMILES string of the molecule is Cc1cc(/C=C/c2ccc(C(=O)Sc3ccccc3)s2)cc(C)c1O. The zero-order valence-corrected chi connectivity index (χ0v) is 15.7. The predicted molar refractivity (Wildman–Crippen MR) is 107 cm³/mol. The fourth-order valence-corrected chi connectivity index (χ4v) is 4.13. The van der Waals surface area contributed by atoms with E-state index in [0.717, 1.165) is 31.3 Å². The van der Waals surface area contributed by atoms with Crippen LogP contribution in [-0.4, -0.2) is 10.2 Å². The van der Waals surface area contributed by atoms with Gasteiger partial charge in [0.1, 0.15) is 5.75 Å². The van der Waals surface area contributed by atoms with Crippen LogP contribution in [0.1, 0.15) is 31.2 Å². The summed E-state index contributed by atoms with van der Waals surface area (Å²) in [5.41, 5.74) is 2.76. The highest BCUT2D eigenvalue weighted by atomic mass is 32.2. The minimum Gasteiger partial charge on any atom is -0.507 e. The quantitative estimate of drug-likeness (QED) is 0.561. The number of phenols is 1. The van der Waals surface area contributed by atoms with Crippen molar-refractivity contribution in [3.8, 4) is 5.75 Å². The smallest absolute Gasteiger partial charge is 0.234 e. The van der Waals surface area contributed by atoms with Gasteiger partial charge in [0.05, 0.1) is 4.88 Å². The number of rotatable bonds is 4. The topological polar surface area (TPSA) is 37.3 Å². The fourth-order valence-electron chi connectivity index (χ4n) is 2.46. The van der Waals surface area contributed by atoms with Crippen molar-refractivity contribution in [1.82, 2.24) is 0 Å². The molecule has 1 heterocycles. The van der Waals surface area contributed by atoms with Crippen LogP contribution in [0.3, 0.4) is 0 Å². The maximum atomic E-state index is 12.3. The van der Waals surface area contributed by atoms with Crippen LogP contribution in [0.25, 0.3) is 12.2 Å². The van der Waals surface area contributed by atoms with E-state index in [4.69, 9.17) is 0 Å². The molecule has 1 N–H and O–H groups in total. The van der Waals surface area contributed by atoms with Gasteiger partial charge in [-0.1, -0.05) is 24.3 Å². The number of hydrogen-bond donors (Lipinski definition) is 1. The molecule has 126 valence electrons. The lowest BCUT2D eigenvalue weighted by molar-refractivity contribution is 0.109. The standard InChI is InChI=1S/C21H18O2S2/c1-14-12-16(13-15(2)20(14)22)8-9-18-10-11-19(24-18)21(23)25-17-6-4-3-5-7-17/h3-13,22H,1-2H3/b9-8+. The Hall–Kier alpha value is -2.30. The largest absolute Gasteiger partial charge is 0.507 e. The van der Waals surface area contributed by atoms with Crippen molar-refractivity contribution in [3.05, 3.63) is 81.0 Å². The van der Waals surface area contributed by atoms with Gasteiger partial charge in [-0.3, -0.25) is 4.79 Å². The Morgan fingerprint density at radius 1 is 1.00 bits per heavy atom. The van der Waals surface area contributed by atoms with Crippen molar-refractivity contribution >= 4 is 40.4 Å². The summed E-state index contributed by atoms with van der Waals surface area (Å²) in [6.45, 7) is 3.78. The number of benzene rings is 2. The molecule has 0 fully saturated rings. The monoisotopic (exact) mass is 366 g/mol. The number of hydrogen-bond acceptors (Lipinski definition) is 4. The Balaban J connectivity index is 1.72. The lowest BCUT2D eigenvalue weighted by Crippen LogP contribution is -1.87. The van der Waals surface area contributed by atoms with E-state index in [1.807, 2.05) is 80.6 Å². The molecule has 0 aliphatic rings. The van der Waals surface area contributed by atoms with Crippen LogP contribution in [0.15, 0.2) is 59.5 Å². The van der Waals surface area contributed by atoms with Crippen LogP contribution < -0.4 is 0 Å². The van der Waals surface area contributed by atoms with Gasteiger partial charge >= 0.3 is 0 Å². The third-order valence-corrected chi connectivity index (χ3v) is 5.83. The molecule has 0 radical (unpaired) electrons. The van der Waals surface area contributed by atoms with Crippen LogP contribution in [0.5, 0.6) is 5.75 Å². The van der Waals surface area contributed by atoms with E-state index in [2.05, 4.69) is 0 Å². The number of aryl methyl sites for hydroxylation is 2. The molecule has 0 amide bonds. The number of carbonyl (C=O) groups excluding carboxylic acids is 1. The third kappa shape index (κ3) is 4.41. The second-order valence-corrected chi connectivity index (χ2v) is 7.90. The van der Waals surface area contributed by atoms with E-state index in [1.165, 1.54) is 23.1 Å². The zero-order chi connectivity index (χ0) is 17.8. The Morgan fingerprint density at radius 2 is 1.68 bits per heavy atom. The second-order valence-electron chi connectivity index (χ2n) is 5.74. The molecule has 0 aliphatic carbocycles. The molecule has 4 heteroatoms. The zero-order valence-electron chi connectivity index (χ0n) is 14.0. The lowest BCUT2D eigenvalue weighted by Gasteiger charge is -2.04. The van der Waals surface area contributed by atoms with Gasteiger partial charge in [0.15, 0.2) is 0 Å². The Morgan fingerprint density at radius 3 is 2.36 bits per heavy atom. The van der Waals surface area contributed by atoms with Gasteiger partial charge < -0.3 is 5.11 Å². The van der Waals surface area contributed by atoms with Gasteiger partial charge in [0, 0.05) is 9.77 Å². The van der Waals surface area contributed by atoms with Gasteiger partial charge in [-0.05, 0) is 84.8 Å². The molecule has 0 bridgehead atoms. The molecule has 25 heavy (non-hydrogen) atoms. The molecule has 1 aromatic heterocycles. The first-order chi connectivity index (χ1) is 12.0. The van der Waals surface area contributed by atoms with Crippen molar-refractivity contribution in [2.24, 2.45) is 0 Å². The van der Waals surface area contributed by atoms with Crippen LogP contribution in [0.4, 0.5) is 0 Å². The molecule has 2 aromatic carbocycles. The van der Waals surface area contributed by atoms with Crippen LogP contribution in [0.2, 0.25) is 0 Å². The summed E-state index contributed by atoms with van der Waals surface area (Å²) in [6.07, 6.45) is 4.00. The fraction of sp³-hybridized carbons (Fsp3) is 0.0952. The molecular weight excluding hydrogens is 348 g/mol. The number of thiophene rings is 1. The van der Waals surface area contributed by atoms with E-state index >= 15 is 0 Å². The first-order valence-corrected chi connectivity index (χ1v) is 9.51. The maximum Gasteiger partial charge on any atom is 0.234 e. The number of phenolic OH excluding ortho intramolecular Hbond substituents is 1. The molecule has 0 atom stereocenters. The highest BCUT2D eigenvalue weighted by Gasteiger charge is 2.10. The summed E-state index contributed by atoms with van der Waals surface area (Å²) >= 11 is 2.73. The summed E-state index contributed by atoms with van der Waals surface area (Å²) in [7, 11) is 0. The van der Waals surface area contributed by atoms with Crippen molar-refractivity contribution in [1.29, 1.82) is 0 Å². The van der Waals surface area contributed by atoms with Crippen LogP contribution in [0, 0.1) is 13.8 Å². The van der Waals surface area contributed by atoms with E-state index in [0.29, 0.717) is 5.75 Å². The summed E-state index contributed by atoms with van der Waals surface area (Å²) in [5.74, 6) is 0.346. The highest BCUT2D eigenvalue weighted by Crippen LogP contribution is 2.28. The number of thioether (sulfide) groups is 1. The molecule has 0 spiro atoms. The van der Waals surface area contributed by atoms with Crippen molar-refractivity contribution in [2.75, 3.05) is 0 Å². The number of aromatic hydroxyl groups is 1.